The molecule has 0 spiro atoms. The maximum atomic E-state index is 12.8. The van der Waals surface area contributed by atoms with E-state index >= 15 is 0 Å². The monoisotopic (exact) mass is 421 g/mol. The van der Waals surface area contributed by atoms with Crippen molar-refractivity contribution in [1.82, 2.24) is 20.2 Å². The van der Waals surface area contributed by atoms with Gasteiger partial charge in [-0.3, -0.25) is 4.79 Å². The largest absolute Gasteiger partial charge is 0.360 e. The van der Waals surface area contributed by atoms with E-state index in [2.05, 4.69) is 34.3 Å². The Balaban J connectivity index is 1.58. The minimum Gasteiger partial charge on any atom is -0.360 e. The van der Waals surface area contributed by atoms with Crippen molar-refractivity contribution >= 4 is 49.8 Å². The molecule has 3 heterocycles. The predicted molar refractivity (Wildman–Crippen MR) is 114 cm³/mol. The van der Waals surface area contributed by atoms with E-state index in [9.17, 15) is 4.79 Å². The van der Waals surface area contributed by atoms with E-state index in [1.165, 1.54) is 21.8 Å². The number of fused-ring (bicyclic) bond motifs is 3. The Bertz CT molecular complexity index is 1010. The molecule has 4 rings (SSSR count). The molecule has 0 aliphatic heterocycles. The Hall–Kier alpha value is -1.45. The number of nitrogens with one attached hydrogen (secondary N) is 2. The van der Waals surface area contributed by atoms with Crippen LogP contribution in [0, 0.1) is 5.92 Å². The molecule has 3 aromatic rings. The third-order valence-electron chi connectivity index (χ3n) is 4.78. The molecule has 9 heteroatoms. The molecular weight excluding hydrogens is 398 g/mol. The number of aromatic nitrogens is 4. The van der Waals surface area contributed by atoms with Crippen LogP contribution in [0.3, 0.4) is 0 Å². The SMILES string of the molecule is CCCNc1nnc(S[C@H](C)c2nc3sc4c(c3c(=O)[nH]2)CC[C@@H](C)C4)s1. The van der Waals surface area contributed by atoms with Crippen molar-refractivity contribution in [2.24, 2.45) is 5.92 Å². The number of hydrogen-bond donors (Lipinski definition) is 2. The van der Waals surface area contributed by atoms with Crippen LogP contribution >= 0.6 is 34.4 Å². The van der Waals surface area contributed by atoms with E-state index in [-0.39, 0.29) is 10.8 Å². The molecule has 0 unspecified atom stereocenters. The van der Waals surface area contributed by atoms with Gasteiger partial charge in [0.05, 0.1) is 10.6 Å². The molecule has 144 valence electrons. The summed E-state index contributed by atoms with van der Waals surface area (Å²) in [7, 11) is 0. The lowest BCUT2D eigenvalue weighted by molar-refractivity contribution is 0.509. The minimum absolute atomic E-state index is 0.00271. The molecule has 2 N–H and O–H groups in total. The van der Waals surface area contributed by atoms with Gasteiger partial charge in [-0.2, -0.15) is 0 Å². The first-order chi connectivity index (χ1) is 13.0. The van der Waals surface area contributed by atoms with Crippen LogP contribution in [0.1, 0.15) is 55.1 Å². The number of aromatic amines is 1. The first kappa shape index (κ1) is 18.9. The van der Waals surface area contributed by atoms with Crippen LogP contribution in [0.5, 0.6) is 0 Å². The second-order valence-electron chi connectivity index (χ2n) is 7.04. The molecule has 1 aliphatic rings. The highest BCUT2D eigenvalue weighted by molar-refractivity contribution is 8.01. The van der Waals surface area contributed by atoms with Gasteiger partial charge in [0.15, 0.2) is 4.34 Å². The Morgan fingerprint density at radius 3 is 3.04 bits per heavy atom. The lowest BCUT2D eigenvalue weighted by atomic mass is 9.89. The van der Waals surface area contributed by atoms with Crippen molar-refractivity contribution < 1.29 is 0 Å². The molecule has 1 aliphatic carbocycles. The third kappa shape index (κ3) is 3.90. The van der Waals surface area contributed by atoms with E-state index in [1.807, 2.05) is 6.92 Å². The second kappa shape index (κ2) is 7.89. The van der Waals surface area contributed by atoms with Crippen LogP contribution in [0.15, 0.2) is 9.13 Å². The van der Waals surface area contributed by atoms with Crippen LogP contribution in [-0.2, 0) is 12.8 Å². The first-order valence-corrected chi connectivity index (χ1v) is 11.8. The van der Waals surface area contributed by atoms with E-state index in [0.29, 0.717) is 11.7 Å². The van der Waals surface area contributed by atoms with Crippen molar-refractivity contribution in [3.05, 3.63) is 26.6 Å². The summed E-state index contributed by atoms with van der Waals surface area (Å²) in [6.07, 6.45) is 4.25. The molecule has 2 atom stereocenters. The summed E-state index contributed by atoms with van der Waals surface area (Å²) >= 11 is 4.81. The van der Waals surface area contributed by atoms with E-state index in [4.69, 9.17) is 4.98 Å². The van der Waals surface area contributed by atoms with Gasteiger partial charge in [-0.25, -0.2) is 4.98 Å². The molecule has 0 fully saturated rings. The van der Waals surface area contributed by atoms with E-state index in [1.54, 1.807) is 23.1 Å². The Morgan fingerprint density at radius 2 is 2.22 bits per heavy atom. The summed E-state index contributed by atoms with van der Waals surface area (Å²) in [5.74, 6) is 1.40. The van der Waals surface area contributed by atoms with E-state index < -0.39 is 0 Å². The van der Waals surface area contributed by atoms with E-state index in [0.717, 1.165) is 51.9 Å². The molecule has 0 saturated heterocycles. The number of H-pyrrole nitrogens is 1. The highest BCUT2D eigenvalue weighted by atomic mass is 32.2. The summed E-state index contributed by atoms with van der Waals surface area (Å²) < 4.78 is 0.878. The number of anilines is 1. The van der Waals surface area contributed by atoms with Gasteiger partial charge >= 0.3 is 0 Å². The van der Waals surface area contributed by atoms with Crippen LogP contribution < -0.4 is 10.9 Å². The molecule has 0 amide bonds. The number of thiophene rings is 1. The summed E-state index contributed by atoms with van der Waals surface area (Å²) in [5, 5.41) is 13.3. The van der Waals surface area contributed by atoms with Crippen LogP contribution in [-0.4, -0.2) is 26.7 Å². The van der Waals surface area contributed by atoms with Crippen molar-refractivity contribution in [3.8, 4) is 0 Å². The smallest absolute Gasteiger partial charge is 0.259 e. The summed E-state index contributed by atoms with van der Waals surface area (Å²) in [4.78, 5) is 22.8. The summed E-state index contributed by atoms with van der Waals surface area (Å²) in [5.41, 5.74) is 1.22. The van der Waals surface area contributed by atoms with Gasteiger partial charge in [0.25, 0.3) is 5.56 Å². The average molecular weight is 422 g/mol. The Labute approximate surface area is 170 Å². The normalized spacial score (nSPS) is 17.8. The zero-order valence-corrected chi connectivity index (χ0v) is 18.1. The molecule has 0 saturated carbocycles. The lowest BCUT2D eigenvalue weighted by Gasteiger charge is -2.17. The topological polar surface area (TPSA) is 83.6 Å². The fourth-order valence-corrected chi connectivity index (χ4v) is 6.70. The van der Waals surface area contributed by atoms with Gasteiger partial charge in [-0.05, 0) is 44.1 Å². The molecule has 0 bridgehead atoms. The quantitative estimate of drug-likeness (QED) is 0.564. The fraction of sp³-hybridized carbons (Fsp3) is 0.556. The van der Waals surface area contributed by atoms with Crippen LogP contribution in [0.2, 0.25) is 0 Å². The van der Waals surface area contributed by atoms with Crippen LogP contribution in [0.25, 0.3) is 10.2 Å². The van der Waals surface area contributed by atoms with Gasteiger partial charge in [0.1, 0.15) is 10.7 Å². The van der Waals surface area contributed by atoms with Crippen LogP contribution in [0.4, 0.5) is 5.13 Å². The zero-order valence-electron chi connectivity index (χ0n) is 15.7. The number of aryl methyl sites for hydroxylation is 1. The molecule has 3 aromatic heterocycles. The molecule has 27 heavy (non-hydrogen) atoms. The number of nitrogens with zero attached hydrogens (tertiary/aromatic N) is 3. The van der Waals surface area contributed by atoms with Gasteiger partial charge in [-0.15, -0.1) is 21.5 Å². The number of hydrogen-bond acceptors (Lipinski definition) is 8. The molecule has 6 nitrogen and oxygen atoms in total. The second-order valence-corrected chi connectivity index (χ2v) is 10.7. The summed E-state index contributed by atoms with van der Waals surface area (Å²) in [6.45, 7) is 7.33. The lowest BCUT2D eigenvalue weighted by Crippen LogP contribution is -2.15. The zero-order chi connectivity index (χ0) is 19.0. The highest BCUT2D eigenvalue weighted by Gasteiger charge is 2.24. The Morgan fingerprint density at radius 1 is 1.37 bits per heavy atom. The van der Waals surface area contributed by atoms with Gasteiger partial charge in [0, 0.05) is 11.4 Å². The molecule has 0 radical (unpaired) electrons. The van der Waals surface area contributed by atoms with Gasteiger partial charge in [0.2, 0.25) is 5.13 Å². The third-order valence-corrected chi connectivity index (χ3v) is 8.00. The number of rotatable bonds is 6. The van der Waals surface area contributed by atoms with Crippen molar-refractivity contribution in [1.29, 1.82) is 0 Å². The molecular formula is C18H23N5OS3. The predicted octanol–water partition coefficient (Wildman–Crippen LogP) is 4.64. The maximum Gasteiger partial charge on any atom is 0.259 e. The summed E-state index contributed by atoms with van der Waals surface area (Å²) in [6, 6.07) is 0. The first-order valence-electron chi connectivity index (χ1n) is 9.33. The minimum atomic E-state index is -0.00271. The van der Waals surface area contributed by atoms with Crippen molar-refractivity contribution in [3.63, 3.8) is 0 Å². The van der Waals surface area contributed by atoms with Crippen molar-refractivity contribution in [2.75, 3.05) is 11.9 Å². The molecule has 0 aromatic carbocycles. The highest BCUT2D eigenvalue weighted by Crippen LogP contribution is 2.38. The van der Waals surface area contributed by atoms with Crippen molar-refractivity contribution in [2.45, 2.75) is 56.0 Å². The Kier molecular flexibility index (Phi) is 5.52. The maximum absolute atomic E-state index is 12.8. The standard InChI is InChI=1S/C18H23N5OS3/c1-4-7-19-17-22-23-18(27-17)25-10(3)14-20-15(24)13-11-6-5-9(2)8-12(11)26-16(13)21-14/h9-10H,4-8H2,1-3H3,(H,19,22)(H,20,21,24)/t9-,10-/m1/s1. The van der Waals surface area contributed by atoms with Gasteiger partial charge < -0.3 is 10.3 Å². The average Bonchev–Trinajstić information content (AvgIpc) is 3.23. The fourth-order valence-electron chi connectivity index (χ4n) is 3.33. The van der Waals surface area contributed by atoms with Gasteiger partial charge in [-0.1, -0.05) is 36.9 Å². The number of thioether (sulfide) groups is 1.